The van der Waals surface area contributed by atoms with Crippen LogP contribution in [0.15, 0.2) is 0 Å². The van der Waals surface area contributed by atoms with Gasteiger partial charge >= 0.3 is 39.5 Å². The molecule has 0 aliphatic carbocycles. The molecule has 6 atom stereocenters. The molecule has 0 heterocycles. The van der Waals surface area contributed by atoms with E-state index in [9.17, 15) is 43.2 Å². The molecule has 0 saturated heterocycles. The molecule has 0 fully saturated rings. The SMILES string of the molecule is CCCCCCCCCCC(=O)O[C@H](COC(=O)CCCCCCCCC)COP(=O)(O)OC[C@H](O)COP(=O)(O)OC[C@@H](COC(=O)CCCCCCCCC(C)C)OC(=O)CCCCCCCCCCCCC(C)CC. The number of aliphatic hydroxyl groups is 1. The van der Waals surface area contributed by atoms with E-state index in [0.717, 1.165) is 121 Å². The lowest BCUT2D eigenvalue weighted by atomic mass is 9.99. The molecule has 0 aliphatic heterocycles. The molecule has 0 radical (unpaired) electrons. The fraction of sp³-hybridized carbons (Fsp3) is 0.932. The number of hydrogen-bond acceptors (Lipinski definition) is 15. The molecule has 78 heavy (non-hydrogen) atoms. The van der Waals surface area contributed by atoms with Crippen LogP contribution in [0.3, 0.4) is 0 Å². The zero-order valence-electron chi connectivity index (χ0n) is 50.0. The van der Waals surface area contributed by atoms with Crippen molar-refractivity contribution in [3.05, 3.63) is 0 Å². The Morgan fingerprint density at radius 1 is 0.372 bits per heavy atom. The lowest BCUT2D eigenvalue weighted by Gasteiger charge is -2.21. The van der Waals surface area contributed by atoms with Crippen molar-refractivity contribution in [3.63, 3.8) is 0 Å². The Labute approximate surface area is 473 Å². The van der Waals surface area contributed by atoms with Gasteiger partial charge in [-0.15, -0.1) is 0 Å². The largest absolute Gasteiger partial charge is 0.472 e. The van der Waals surface area contributed by atoms with Gasteiger partial charge in [0, 0.05) is 25.7 Å². The van der Waals surface area contributed by atoms with Crippen molar-refractivity contribution < 1.29 is 80.2 Å². The third-order valence-electron chi connectivity index (χ3n) is 13.8. The molecule has 0 rings (SSSR count). The van der Waals surface area contributed by atoms with Crippen LogP contribution >= 0.6 is 15.6 Å². The van der Waals surface area contributed by atoms with Crippen molar-refractivity contribution in [2.24, 2.45) is 11.8 Å². The van der Waals surface area contributed by atoms with E-state index in [1.54, 1.807) is 0 Å². The molecule has 19 heteroatoms. The van der Waals surface area contributed by atoms with E-state index < -0.39 is 97.5 Å². The number of phosphoric ester groups is 2. The summed E-state index contributed by atoms with van der Waals surface area (Å²) in [5.41, 5.74) is 0. The molecule has 3 N–H and O–H groups in total. The minimum absolute atomic E-state index is 0.104. The first-order chi connectivity index (χ1) is 37.4. The summed E-state index contributed by atoms with van der Waals surface area (Å²) in [4.78, 5) is 71.7. The van der Waals surface area contributed by atoms with Crippen molar-refractivity contribution >= 4 is 39.5 Å². The van der Waals surface area contributed by atoms with Gasteiger partial charge in [-0.3, -0.25) is 37.3 Å². The third kappa shape index (κ3) is 52.2. The Hall–Kier alpha value is -1.94. The van der Waals surface area contributed by atoms with Crippen molar-refractivity contribution in [1.82, 2.24) is 0 Å². The highest BCUT2D eigenvalue weighted by atomic mass is 31.2. The van der Waals surface area contributed by atoms with Crippen LogP contribution in [0.4, 0.5) is 0 Å². The van der Waals surface area contributed by atoms with Crippen LogP contribution in [0.25, 0.3) is 0 Å². The van der Waals surface area contributed by atoms with Gasteiger partial charge in [0.15, 0.2) is 12.2 Å². The Morgan fingerprint density at radius 2 is 0.654 bits per heavy atom. The zero-order valence-corrected chi connectivity index (χ0v) is 51.7. The minimum Gasteiger partial charge on any atom is -0.462 e. The monoisotopic (exact) mass is 1160 g/mol. The van der Waals surface area contributed by atoms with Gasteiger partial charge in [0.25, 0.3) is 0 Å². The fourth-order valence-electron chi connectivity index (χ4n) is 8.61. The molecule has 17 nitrogen and oxygen atoms in total. The number of hydrogen-bond donors (Lipinski definition) is 3. The first-order valence-electron chi connectivity index (χ1n) is 31.0. The van der Waals surface area contributed by atoms with Crippen LogP contribution in [-0.2, 0) is 65.4 Å². The zero-order chi connectivity index (χ0) is 58.0. The van der Waals surface area contributed by atoms with Gasteiger partial charge < -0.3 is 33.8 Å². The second-order valence-corrected chi connectivity index (χ2v) is 25.0. The van der Waals surface area contributed by atoms with Crippen LogP contribution < -0.4 is 0 Å². The third-order valence-corrected chi connectivity index (χ3v) is 15.7. The standard InChI is InChI=1S/C59H114O17P2/c1-7-10-12-14-16-23-31-37-43-58(63)75-54(47-69-56(61)41-35-29-21-15-13-11-8-2)49-73-77(65,66)71-45-53(60)46-72-78(67,68)74-50-55(48-70-57(62)42-36-30-26-25-27-33-39-51(4)5)76-59(64)44-38-32-24-20-18-17-19-22-28-34-40-52(6)9-3/h51-55,60H,7-50H2,1-6H3,(H,65,66)(H,67,68)/t52?,53-,54+,55+/m0/s1. The number of aliphatic hydroxyl groups excluding tert-OH is 1. The average Bonchev–Trinajstić information content (AvgIpc) is 3.40. The topological polar surface area (TPSA) is 237 Å². The van der Waals surface area contributed by atoms with Crippen molar-refractivity contribution in [2.75, 3.05) is 39.6 Å². The van der Waals surface area contributed by atoms with Gasteiger partial charge in [-0.2, -0.15) is 0 Å². The number of rotatable bonds is 58. The number of carbonyl (C=O) groups excluding carboxylic acids is 4. The summed E-state index contributed by atoms with van der Waals surface area (Å²) < 4.78 is 67.6. The lowest BCUT2D eigenvalue weighted by molar-refractivity contribution is -0.161. The maximum atomic E-state index is 12.9. The molecule has 0 aliphatic rings. The maximum absolute atomic E-state index is 12.9. The molecule has 0 saturated carbocycles. The quantitative estimate of drug-likeness (QED) is 0.0222. The van der Waals surface area contributed by atoms with Crippen LogP contribution in [0.1, 0.15) is 286 Å². The highest BCUT2D eigenvalue weighted by Gasteiger charge is 2.30. The second-order valence-electron chi connectivity index (χ2n) is 22.1. The molecule has 0 aromatic carbocycles. The highest BCUT2D eigenvalue weighted by molar-refractivity contribution is 7.47. The van der Waals surface area contributed by atoms with Gasteiger partial charge in [-0.05, 0) is 37.5 Å². The smallest absolute Gasteiger partial charge is 0.462 e. The van der Waals surface area contributed by atoms with Gasteiger partial charge in [-0.1, -0.05) is 234 Å². The summed E-state index contributed by atoms with van der Waals surface area (Å²) in [6.07, 6.45) is 32.3. The minimum atomic E-state index is -4.94. The summed E-state index contributed by atoms with van der Waals surface area (Å²) in [6, 6.07) is 0. The van der Waals surface area contributed by atoms with Crippen molar-refractivity contribution in [3.8, 4) is 0 Å². The molecule has 3 unspecified atom stereocenters. The number of ether oxygens (including phenoxy) is 4. The molecular weight excluding hydrogens is 1040 g/mol. The molecule has 0 bridgehead atoms. The number of carbonyl (C=O) groups is 4. The normalized spacial score (nSPS) is 14.8. The van der Waals surface area contributed by atoms with Crippen LogP contribution in [-0.4, -0.2) is 96.7 Å². The van der Waals surface area contributed by atoms with E-state index in [1.807, 2.05) is 0 Å². The summed E-state index contributed by atoms with van der Waals surface area (Å²) in [7, 11) is -9.87. The molecule has 462 valence electrons. The fourth-order valence-corrected chi connectivity index (χ4v) is 10.2. The van der Waals surface area contributed by atoms with E-state index in [-0.39, 0.29) is 25.7 Å². The molecule has 0 spiro atoms. The average molecular weight is 1160 g/mol. The second kappa shape index (κ2) is 51.9. The Balaban J connectivity index is 5.20. The van der Waals surface area contributed by atoms with Crippen molar-refractivity contribution in [2.45, 2.75) is 304 Å². The number of unbranched alkanes of at least 4 members (excludes halogenated alkanes) is 27. The van der Waals surface area contributed by atoms with Crippen LogP contribution in [0.5, 0.6) is 0 Å². The van der Waals surface area contributed by atoms with Gasteiger partial charge in [0.2, 0.25) is 0 Å². The van der Waals surface area contributed by atoms with E-state index in [0.29, 0.717) is 31.6 Å². The summed E-state index contributed by atoms with van der Waals surface area (Å²) in [6.45, 7) is 9.33. The van der Waals surface area contributed by atoms with Gasteiger partial charge in [0.1, 0.15) is 19.3 Å². The van der Waals surface area contributed by atoms with E-state index in [2.05, 4.69) is 41.5 Å². The number of phosphoric acid groups is 2. The number of esters is 4. The highest BCUT2D eigenvalue weighted by Crippen LogP contribution is 2.45. The molecular formula is C59H114O17P2. The molecule has 0 aromatic heterocycles. The first-order valence-corrected chi connectivity index (χ1v) is 34.0. The van der Waals surface area contributed by atoms with Crippen LogP contribution in [0, 0.1) is 11.8 Å². The lowest BCUT2D eigenvalue weighted by Crippen LogP contribution is -2.30. The van der Waals surface area contributed by atoms with E-state index in [4.69, 9.17) is 37.0 Å². The van der Waals surface area contributed by atoms with Crippen LogP contribution in [0.2, 0.25) is 0 Å². The first kappa shape index (κ1) is 76.1. The van der Waals surface area contributed by atoms with E-state index in [1.165, 1.54) is 77.0 Å². The van der Waals surface area contributed by atoms with E-state index >= 15 is 0 Å². The molecule has 0 amide bonds. The summed E-state index contributed by atoms with van der Waals surface area (Å²) in [5, 5.41) is 10.5. The predicted molar refractivity (Wildman–Crippen MR) is 308 cm³/mol. The Kier molecular flexibility index (Phi) is 50.6. The summed E-state index contributed by atoms with van der Waals surface area (Å²) >= 11 is 0. The Morgan fingerprint density at radius 3 is 0.974 bits per heavy atom. The van der Waals surface area contributed by atoms with Gasteiger partial charge in [-0.25, -0.2) is 9.13 Å². The maximum Gasteiger partial charge on any atom is 0.472 e. The van der Waals surface area contributed by atoms with Gasteiger partial charge in [0.05, 0.1) is 26.4 Å². The predicted octanol–water partition coefficient (Wildman–Crippen LogP) is 15.7. The molecule has 0 aromatic rings. The van der Waals surface area contributed by atoms with Crippen molar-refractivity contribution in [1.29, 1.82) is 0 Å². The Bertz CT molecular complexity index is 1550. The summed E-state index contributed by atoms with van der Waals surface area (Å²) in [5.74, 6) is -0.667.